The average Bonchev–Trinajstić information content (AvgIpc) is 2.49. The van der Waals surface area contributed by atoms with Crippen LogP contribution < -0.4 is 0 Å². The van der Waals surface area contributed by atoms with Crippen LogP contribution >= 0.6 is 0 Å². The Morgan fingerprint density at radius 3 is 2.76 bits per heavy atom. The van der Waals surface area contributed by atoms with E-state index in [1.807, 2.05) is 0 Å². The molecule has 1 N–H and O–H groups in total. The average molecular weight is 316 g/mol. The first-order valence-electron chi connectivity index (χ1n) is 7.04. The van der Waals surface area contributed by atoms with Gasteiger partial charge < -0.3 is 5.11 Å². The van der Waals surface area contributed by atoms with Crippen molar-refractivity contribution in [3.63, 3.8) is 0 Å². The standard InChI is InChI=1S/C14H21FN2O3S/c1-16(10-12-6-2-3-8-14(12)15)21(19,20)17-9-5-4-7-13(17)11-18/h2-3,6,8,13,18H,4-5,7,9-11H2,1H3. The first-order chi connectivity index (χ1) is 9.96. The van der Waals surface area contributed by atoms with Crippen molar-refractivity contribution in [2.45, 2.75) is 31.8 Å². The molecule has 0 aliphatic carbocycles. The summed E-state index contributed by atoms with van der Waals surface area (Å²) in [5.41, 5.74) is 0.334. The van der Waals surface area contributed by atoms with Crippen molar-refractivity contribution < 1.29 is 17.9 Å². The van der Waals surface area contributed by atoms with Gasteiger partial charge in [0, 0.05) is 31.7 Å². The molecule has 5 nitrogen and oxygen atoms in total. The number of hydrogen-bond acceptors (Lipinski definition) is 3. The number of nitrogens with zero attached hydrogens (tertiary/aromatic N) is 2. The van der Waals surface area contributed by atoms with Crippen LogP contribution in [0.5, 0.6) is 0 Å². The molecule has 0 amide bonds. The number of rotatable bonds is 5. The largest absolute Gasteiger partial charge is 0.395 e. The lowest BCUT2D eigenvalue weighted by Crippen LogP contribution is -2.50. The summed E-state index contributed by atoms with van der Waals surface area (Å²) >= 11 is 0. The van der Waals surface area contributed by atoms with Crippen LogP contribution in [0.25, 0.3) is 0 Å². The molecule has 2 rings (SSSR count). The molecular formula is C14H21FN2O3S. The minimum absolute atomic E-state index is 0.0242. The summed E-state index contributed by atoms with van der Waals surface area (Å²) in [6.45, 7) is 0.186. The van der Waals surface area contributed by atoms with Crippen LogP contribution in [0.2, 0.25) is 0 Å². The number of halogens is 1. The zero-order chi connectivity index (χ0) is 15.5. The lowest BCUT2D eigenvalue weighted by atomic mass is 10.1. The summed E-state index contributed by atoms with van der Waals surface area (Å²) in [6, 6.07) is 5.75. The molecule has 1 fully saturated rings. The number of benzene rings is 1. The minimum Gasteiger partial charge on any atom is -0.395 e. The fourth-order valence-corrected chi connectivity index (χ4v) is 4.16. The zero-order valence-corrected chi connectivity index (χ0v) is 12.9. The van der Waals surface area contributed by atoms with Crippen molar-refractivity contribution in [1.82, 2.24) is 8.61 Å². The molecule has 1 aromatic carbocycles. The van der Waals surface area contributed by atoms with Gasteiger partial charge in [0.15, 0.2) is 0 Å². The van der Waals surface area contributed by atoms with Crippen molar-refractivity contribution in [3.05, 3.63) is 35.6 Å². The number of piperidine rings is 1. The molecule has 1 aliphatic rings. The van der Waals surface area contributed by atoms with Crippen LogP contribution in [0.3, 0.4) is 0 Å². The molecule has 0 bridgehead atoms. The predicted octanol–water partition coefficient (Wildman–Crippen LogP) is 1.35. The third-order valence-electron chi connectivity index (χ3n) is 3.82. The Labute approximate surface area is 125 Å². The Balaban J connectivity index is 2.16. The van der Waals surface area contributed by atoms with Crippen molar-refractivity contribution in [3.8, 4) is 0 Å². The van der Waals surface area contributed by atoms with Gasteiger partial charge in [-0.25, -0.2) is 4.39 Å². The van der Waals surface area contributed by atoms with Gasteiger partial charge in [-0.3, -0.25) is 0 Å². The number of aliphatic hydroxyl groups excluding tert-OH is 1. The Bertz CT molecular complexity index is 579. The molecule has 0 aromatic heterocycles. The molecule has 21 heavy (non-hydrogen) atoms. The molecule has 0 saturated carbocycles. The van der Waals surface area contributed by atoms with Crippen molar-refractivity contribution in [2.24, 2.45) is 0 Å². The summed E-state index contributed by atoms with van der Waals surface area (Å²) in [7, 11) is -2.26. The molecule has 1 atom stereocenters. The monoisotopic (exact) mass is 316 g/mol. The minimum atomic E-state index is -3.70. The van der Waals surface area contributed by atoms with Gasteiger partial charge in [-0.2, -0.15) is 17.0 Å². The Kier molecular flexibility index (Phi) is 5.32. The van der Waals surface area contributed by atoms with Crippen molar-refractivity contribution in [2.75, 3.05) is 20.2 Å². The lowest BCUT2D eigenvalue weighted by Gasteiger charge is -2.36. The Morgan fingerprint density at radius 2 is 2.10 bits per heavy atom. The molecule has 1 saturated heterocycles. The normalized spacial score (nSPS) is 20.9. The maximum Gasteiger partial charge on any atom is 0.282 e. The fourth-order valence-electron chi connectivity index (χ4n) is 2.59. The highest BCUT2D eigenvalue weighted by molar-refractivity contribution is 7.86. The molecule has 0 radical (unpaired) electrons. The summed E-state index contributed by atoms with van der Waals surface area (Å²) in [4.78, 5) is 0. The van der Waals surface area contributed by atoms with E-state index in [9.17, 15) is 17.9 Å². The third-order valence-corrected chi connectivity index (χ3v) is 5.82. The molecule has 1 heterocycles. The Morgan fingerprint density at radius 1 is 1.38 bits per heavy atom. The first kappa shape index (κ1) is 16.4. The van der Waals surface area contributed by atoms with E-state index in [-0.39, 0.29) is 19.2 Å². The van der Waals surface area contributed by atoms with Crippen LogP contribution in [-0.4, -0.2) is 48.4 Å². The highest BCUT2D eigenvalue weighted by atomic mass is 32.2. The molecule has 0 spiro atoms. The van der Waals surface area contributed by atoms with Crippen LogP contribution in [0, 0.1) is 5.82 Å². The molecule has 1 aliphatic heterocycles. The fraction of sp³-hybridized carbons (Fsp3) is 0.571. The summed E-state index contributed by atoms with van der Waals surface area (Å²) in [5.74, 6) is -0.420. The van der Waals surface area contributed by atoms with Crippen molar-refractivity contribution in [1.29, 1.82) is 0 Å². The van der Waals surface area contributed by atoms with Gasteiger partial charge in [-0.15, -0.1) is 0 Å². The maximum atomic E-state index is 13.6. The van der Waals surface area contributed by atoms with E-state index >= 15 is 0 Å². The van der Waals surface area contributed by atoms with E-state index in [0.29, 0.717) is 18.5 Å². The van der Waals surface area contributed by atoms with Gasteiger partial charge >= 0.3 is 0 Å². The second-order valence-electron chi connectivity index (χ2n) is 5.30. The molecular weight excluding hydrogens is 295 g/mol. The van der Waals surface area contributed by atoms with Crippen molar-refractivity contribution >= 4 is 10.2 Å². The van der Waals surface area contributed by atoms with Gasteiger partial charge in [-0.1, -0.05) is 24.6 Å². The SMILES string of the molecule is CN(Cc1ccccc1F)S(=O)(=O)N1CCCCC1CO. The second-order valence-corrected chi connectivity index (χ2v) is 7.29. The summed E-state index contributed by atoms with van der Waals surface area (Å²) in [6.07, 6.45) is 2.35. The van der Waals surface area contributed by atoms with Gasteiger partial charge in [0.25, 0.3) is 10.2 Å². The van der Waals surface area contributed by atoms with E-state index in [4.69, 9.17) is 0 Å². The lowest BCUT2D eigenvalue weighted by molar-refractivity contribution is 0.148. The summed E-state index contributed by atoms with van der Waals surface area (Å²) in [5, 5.41) is 9.36. The van der Waals surface area contributed by atoms with Crippen LogP contribution in [0.15, 0.2) is 24.3 Å². The molecule has 7 heteroatoms. The van der Waals surface area contributed by atoms with Gasteiger partial charge in [0.2, 0.25) is 0 Å². The first-order valence-corrected chi connectivity index (χ1v) is 8.44. The Hall–Kier alpha value is -1.02. The topological polar surface area (TPSA) is 60.9 Å². The third kappa shape index (κ3) is 3.60. The van der Waals surface area contributed by atoms with E-state index in [2.05, 4.69) is 0 Å². The molecule has 118 valence electrons. The quantitative estimate of drug-likeness (QED) is 0.892. The van der Waals surface area contributed by atoms with E-state index in [1.165, 1.54) is 17.4 Å². The van der Waals surface area contributed by atoms with E-state index < -0.39 is 16.0 Å². The smallest absolute Gasteiger partial charge is 0.282 e. The van der Waals surface area contributed by atoms with Crippen LogP contribution in [0.1, 0.15) is 24.8 Å². The second kappa shape index (κ2) is 6.83. The van der Waals surface area contributed by atoms with Gasteiger partial charge in [0.05, 0.1) is 6.61 Å². The van der Waals surface area contributed by atoms with Crippen LogP contribution in [0.4, 0.5) is 4.39 Å². The molecule has 1 unspecified atom stereocenters. The maximum absolute atomic E-state index is 13.6. The highest BCUT2D eigenvalue weighted by Crippen LogP contribution is 2.23. The molecule has 1 aromatic rings. The van der Waals surface area contributed by atoms with E-state index in [1.54, 1.807) is 18.2 Å². The zero-order valence-electron chi connectivity index (χ0n) is 12.1. The number of aliphatic hydroxyl groups is 1. The van der Waals surface area contributed by atoms with Gasteiger partial charge in [0.1, 0.15) is 5.82 Å². The van der Waals surface area contributed by atoms with Crippen LogP contribution in [-0.2, 0) is 16.8 Å². The van der Waals surface area contributed by atoms with Gasteiger partial charge in [-0.05, 0) is 18.9 Å². The number of hydrogen-bond donors (Lipinski definition) is 1. The summed E-state index contributed by atoms with van der Waals surface area (Å²) < 4.78 is 41.3. The highest BCUT2D eigenvalue weighted by Gasteiger charge is 2.34. The predicted molar refractivity (Wildman–Crippen MR) is 78.2 cm³/mol. The van der Waals surface area contributed by atoms with E-state index in [0.717, 1.165) is 17.1 Å².